The molecule has 1 aliphatic rings. The van der Waals surface area contributed by atoms with E-state index in [-0.39, 0.29) is 0 Å². The van der Waals surface area contributed by atoms with Gasteiger partial charge < -0.3 is 15.8 Å². The Morgan fingerprint density at radius 3 is 2.95 bits per heavy atom. The van der Waals surface area contributed by atoms with Gasteiger partial charge in [0.05, 0.1) is 7.11 Å². The number of benzene rings is 1. The molecular weight excluding hydrogens is 276 g/mol. The number of nitrogens with one attached hydrogen (secondary N) is 1. The minimum atomic E-state index is 0.302. The molecular formula is C14H20N2OS2. The molecule has 1 heterocycles. The van der Waals surface area contributed by atoms with E-state index < -0.39 is 0 Å². The number of nitrogens with two attached hydrogens (primary N) is 1. The molecule has 0 radical (unpaired) electrons. The lowest BCUT2D eigenvalue weighted by Gasteiger charge is -2.24. The summed E-state index contributed by atoms with van der Waals surface area (Å²) in [7, 11) is 1.66. The van der Waals surface area contributed by atoms with E-state index in [1.807, 2.05) is 30.0 Å². The minimum Gasteiger partial charge on any atom is -0.497 e. The topological polar surface area (TPSA) is 47.3 Å². The molecule has 1 aromatic rings. The van der Waals surface area contributed by atoms with E-state index in [0.29, 0.717) is 9.74 Å². The number of rotatable bonds is 5. The summed E-state index contributed by atoms with van der Waals surface area (Å²) in [6.45, 7) is 3.22. The van der Waals surface area contributed by atoms with Crippen molar-refractivity contribution < 1.29 is 4.74 Å². The van der Waals surface area contributed by atoms with Crippen LogP contribution in [0.25, 0.3) is 0 Å². The summed E-state index contributed by atoms with van der Waals surface area (Å²) >= 11 is 7.13. The maximum atomic E-state index is 5.77. The second kappa shape index (κ2) is 6.01. The highest BCUT2D eigenvalue weighted by atomic mass is 32.2. The average Bonchev–Trinajstić information content (AvgIpc) is 2.83. The predicted octanol–water partition coefficient (Wildman–Crippen LogP) is 3.03. The number of hydrogen-bond donors (Lipinski definition) is 2. The van der Waals surface area contributed by atoms with Gasteiger partial charge in [-0.25, -0.2) is 0 Å². The maximum Gasteiger partial charge on any atom is 0.120 e. The third-order valence-electron chi connectivity index (χ3n) is 3.45. The van der Waals surface area contributed by atoms with E-state index in [2.05, 4.69) is 12.2 Å². The van der Waals surface area contributed by atoms with Crippen molar-refractivity contribution in [3.05, 3.63) is 23.8 Å². The highest BCUT2D eigenvalue weighted by molar-refractivity contribution is 8.00. The van der Waals surface area contributed by atoms with Crippen LogP contribution >= 0.6 is 24.0 Å². The van der Waals surface area contributed by atoms with Crippen LogP contribution in [0.4, 0.5) is 5.69 Å². The first-order valence-corrected chi connectivity index (χ1v) is 7.79. The molecule has 0 saturated carbocycles. The average molecular weight is 296 g/mol. The minimum absolute atomic E-state index is 0.302. The van der Waals surface area contributed by atoms with Crippen LogP contribution in [0.2, 0.25) is 0 Å². The molecule has 1 aromatic carbocycles. The standard InChI is InChI=1S/C14H20N2OS2/c1-14(6-3-7-19-14)9-16-12-8-10(17-2)4-5-11(12)13(15)18/h4-5,8,16H,3,6-7,9H2,1-2H3,(H2,15,18). The van der Waals surface area contributed by atoms with Gasteiger partial charge in [0.1, 0.15) is 10.7 Å². The molecule has 3 N–H and O–H groups in total. The second-order valence-electron chi connectivity index (χ2n) is 5.03. The zero-order valence-corrected chi connectivity index (χ0v) is 13.0. The lowest BCUT2D eigenvalue weighted by Crippen LogP contribution is -2.28. The molecule has 3 nitrogen and oxygen atoms in total. The van der Waals surface area contributed by atoms with Gasteiger partial charge in [0.2, 0.25) is 0 Å². The molecule has 104 valence electrons. The van der Waals surface area contributed by atoms with Crippen molar-refractivity contribution in [2.75, 3.05) is 24.7 Å². The Labute approximate surface area is 124 Å². The van der Waals surface area contributed by atoms with Gasteiger partial charge in [-0.2, -0.15) is 11.8 Å². The lowest BCUT2D eigenvalue weighted by atomic mass is 10.1. The van der Waals surface area contributed by atoms with E-state index in [9.17, 15) is 0 Å². The van der Waals surface area contributed by atoms with Crippen molar-refractivity contribution in [1.29, 1.82) is 0 Å². The first kappa shape index (κ1) is 14.5. The number of ether oxygens (including phenoxy) is 1. The van der Waals surface area contributed by atoms with Crippen LogP contribution in [-0.4, -0.2) is 29.1 Å². The van der Waals surface area contributed by atoms with Crippen molar-refractivity contribution in [3.63, 3.8) is 0 Å². The van der Waals surface area contributed by atoms with Gasteiger partial charge in [0.15, 0.2) is 0 Å². The predicted molar refractivity (Wildman–Crippen MR) is 87.5 cm³/mol. The Hall–Kier alpha value is -0.940. The van der Waals surface area contributed by atoms with Gasteiger partial charge in [-0.15, -0.1) is 0 Å². The fourth-order valence-electron chi connectivity index (χ4n) is 2.27. The Bertz CT molecular complexity index is 471. The summed E-state index contributed by atoms with van der Waals surface area (Å²) < 4.78 is 5.56. The molecule has 0 aromatic heterocycles. The third kappa shape index (κ3) is 3.54. The van der Waals surface area contributed by atoms with Crippen LogP contribution in [0.3, 0.4) is 0 Å². The number of hydrogen-bond acceptors (Lipinski definition) is 4. The van der Waals surface area contributed by atoms with Crippen molar-refractivity contribution in [3.8, 4) is 5.75 Å². The summed E-state index contributed by atoms with van der Waals surface area (Å²) in [5.41, 5.74) is 7.60. The van der Waals surface area contributed by atoms with Crippen LogP contribution in [0.15, 0.2) is 18.2 Å². The summed E-state index contributed by atoms with van der Waals surface area (Å²) in [5.74, 6) is 2.06. The van der Waals surface area contributed by atoms with Crippen LogP contribution < -0.4 is 15.8 Å². The molecule has 19 heavy (non-hydrogen) atoms. The first-order valence-electron chi connectivity index (χ1n) is 6.40. The molecule has 2 rings (SSSR count). The third-order valence-corrected chi connectivity index (χ3v) is 5.20. The monoisotopic (exact) mass is 296 g/mol. The Morgan fingerprint density at radius 2 is 2.37 bits per heavy atom. The normalized spacial score (nSPS) is 22.2. The van der Waals surface area contributed by atoms with Crippen molar-refractivity contribution in [2.45, 2.75) is 24.5 Å². The number of thiocarbonyl (C=S) groups is 1. The zero-order valence-electron chi connectivity index (χ0n) is 11.4. The van der Waals surface area contributed by atoms with Crippen LogP contribution in [0, 0.1) is 0 Å². The van der Waals surface area contributed by atoms with Crippen LogP contribution in [0.1, 0.15) is 25.3 Å². The zero-order chi connectivity index (χ0) is 13.9. The van der Waals surface area contributed by atoms with Crippen molar-refractivity contribution in [2.24, 2.45) is 5.73 Å². The van der Waals surface area contributed by atoms with E-state index in [0.717, 1.165) is 23.5 Å². The quantitative estimate of drug-likeness (QED) is 0.818. The molecule has 5 heteroatoms. The van der Waals surface area contributed by atoms with Gasteiger partial charge in [0.25, 0.3) is 0 Å². The SMILES string of the molecule is COc1ccc(C(N)=S)c(NCC2(C)CCCS2)c1. The Morgan fingerprint density at radius 1 is 1.58 bits per heavy atom. The van der Waals surface area contributed by atoms with Crippen molar-refractivity contribution in [1.82, 2.24) is 0 Å². The number of thioether (sulfide) groups is 1. The Balaban J connectivity index is 2.15. The van der Waals surface area contributed by atoms with Gasteiger partial charge in [-0.3, -0.25) is 0 Å². The smallest absolute Gasteiger partial charge is 0.120 e. The largest absolute Gasteiger partial charge is 0.497 e. The summed E-state index contributed by atoms with van der Waals surface area (Å²) in [4.78, 5) is 0.411. The maximum absolute atomic E-state index is 5.77. The molecule has 0 aliphatic carbocycles. The summed E-state index contributed by atoms with van der Waals surface area (Å²) in [6.07, 6.45) is 2.54. The highest BCUT2D eigenvalue weighted by Gasteiger charge is 2.29. The van der Waals surface area contributed by atoms with Gasteiger partial charge in [0, 0.05) is 28.6 Å². The van der Waals surface area contributed by atoms with E-state index in [4.69, 9.17) is 22.7 Å². The molecule has 0 amide bonds. The van der Waals surface area contributed by atoms with Crippen LogP contribution in [-0.2, 0) is 0 Å². The first-order chi connectivity index (χ1) is 9.04. The molecule has 1 unspecified atom stereocenters. The molecule has 0 bridgehead atoms. The molecule has 0 spiro atoms. The molecule has 1 aliphatic heterocycles. The number of methoxy groups -OCH3 is 1. The second-order valence-corrected chi connectivity index (χ2v) is 7.15. The number of anilines is 1. The van der Waals surface area contributed by atoms with Gasteiger partial charge in [-0.05, 0) is 37.7 Å². The molecule has 1 atom stereocenters. The van der Waals surface area contributed by atoms with Gasteiger partial charge in [-0.1, -0.05) is 12.2 Å². The fourth-order valence-corrected chi connectivity index (χ4v) is 3.69. The van der Waals surface area contributed by atoms with Crippen LogP contribution in [0.5, 0.6) is 5.75 Å². The summed E-state index contributed by atoms with van der Waals surface area (Å²) in [5, 5.41) is 3.48. The van der Waals surface area contributed by atoms with Crippen molar-refractivity contribution >= 4 is 34.7 Å². The molecule has 1 saturated heterocycles. The van der Waals surface area contributed by atoms with E-state index >= 15 is 0 Å². The van der Waals surface area contributed by atoms with E-state index in [1.54, 1.807) is 7.11 Å². The lowest BCUT2D eigenvalue weighted by molar-refractivity contribution is 0.415. The summed E-state index contributed by atoms with van der Waals surface area (Å²) in [6, 6.07) is 5.75. The van der Waals surface area contributed by atoms with Gasteiger partial charge >= 0.3 is 0 Å². The fraction of sp³-hybridized carbons (Fsp3) is 0.500. The highest BCUT2D eigenvalue weighted by Crippen LogP contribution is 2.38. The van der Waals surface area contributed by atoms with E-state index in [1.165, 1.54) is 18.6 Å². The Kier molecular flexibility index (Phi) is 4.58. The molecule has 1 fully saturated rings.